The minimum Gasteiger partial charge on any atom is -0.354 e. The van der Waals surface area contributed by atoms with Gasteiger partial charge in [-0.15, -0.1) is 0 Å². The van der Waals surface area contributed by atoms with E-state index >= 15 is 0 Å². The molecule has 0 bridgehead atoms. The molecule has 0 N–H and O–H groups in total. The molecule has 1 saturated heterocycles. The fourth-order valence-electron chi connectivity index (χ4n) is 3.47. The highest BCUT2D eigenvalue weighted by Crippen LogP contribution is 2.28. The van der Waals surface area contributed by atoms with Crippen LogP contribution in [0.15, 0.2) is 30.9 Å². The van der Waals surface area contributed by atoms with Crippen LogP contribution in [0.1, 0.15) is 38.8 Å². The molecule has 0 spiro atoms. The summed E-state index contributed by atoms with van der Waals surface area (Å²) in [6.07, 6.45) is 5.63. The minimum absolute atomic E-state index is 0.300. The third-order valence-corrected chi connectivity index (χ3v) is 5.18. The van der Waals surface area contributed by atoms with Crippen molar-refractivity contribution in [3.8, 4) is 11.5 Å². The van der Waals surface area contributed by atoms with E-state index < -0.39 is 6.43 Å². The van der Waals surface area contributed by atoms with Gasteiger partial charge in [-0.3, -0.25) is 4.40 Å². The molecule has 1 aliphatic heterocycles. The molecule has 1 fully saturated rings. The third-order valence-electron chi connectivity index (χ3n) is 5.18. The number of fused-ring (bicyclic) bond motifs is 1. The van der Waals surface area contributed by atoms with Crippen LogP contribution < -0.4 is 4.90 Å². The lowest BCUT2D eigenvalue weighted by atomic mass is 9.92. The van der Waals surface area contributed by atoms with Gasteiger partial charge in [0.15, 0.2) is 11.5 Å². The molecule has 26 heavy (non-hydrogen) atoms. The van der Waals surface area contributed by atoms with Gasteiger partial charge in [-0.25, -0.2) is 28.7 Å². The molecule has 2 atom stereocenters. The van der Waals surface area contributed by atoms with Crippen molar-refractivity contribution >= 4 is 11.5 Å². The van der Waals surface area contributed by atoms with Crippen molar-refractivity contribution in [3.63, 3.8) is 0 Å². The van der Waals surface area contributed by atoms with Crippen LogP contribution in [0.25, 0.3) is 17.2 Å². The molecule has 2 unspecified atom stereocenters. The molecule has 1 aliphatic rings. The summed E-state index contributed by atoms with van der Waals surface area (Å²) < 4.78 is 27.5. The number of halogens is 2. The third kappa shape index (κ3) is 2.89. The molecule has 0 aromatic carbocycles. The second-order valence-electron chi connectivity index (χ2n) is 6.78. The predicted octanol–water partition coefficient (Wildman–Crippen LogP) is 3.75. The Morgan fingerprint density at radius 2 is 2.00 bits per heavy atom. The lowest BCUT2D eigenvalue weighted by Crippen LogP contribution is -2.42. The highest BCUT2D eigenvalue weighted by atomic mass is 19.3. The van der Waals surface area contributed by atoms with E-state index in [-0.39, 0.29) is 5.69 Å². The van der Waals surface area contributed by atoms with E-state index in [0.717, 1.165) is 18.8 Å². The summed E-state index contributed by atoms with van der Waals surface area (Å²) in [5.41, 5.74) is 0.758. The Hall–Kier alpha value is -2.64. The molecule has 3 aromatic rings. The smallest absolute Gasteiger partial charge is 0.281 e. The first kappa shape index (κ1) is 16.8. The van der Waals surface area contributed by atoms with Crippen molar-refractivity contribution < 1.29 is 8.78 Å². The van der Waals surface area contributed by atoms with Crippen molar-refractivity contribution in [2.45, 2.75) is 39.2 Å². The number of imidazole rings is 1. The van der Waals surface area contributed by atoms with Gasteiger partial charge in [0, 0.05) is 25.0 Å². The summed E-state index contributed by atoms with van der Waals surface area (Å²) in [5.74, 6) is 1.91. The molecular weight excluding hydrogens is 338 g/mol. The van der Waals surface area contributed by atoms with E-state index in [2.05, 4.69) is 33.7 Å². The zero-order valence-corrected chi connectivity index (χ0v) is 14.7. The van der Waals surface area contributed by atoms with Gasteiger partial charge in [0.2, 0.25) is 0 Å². The molecule has 0 radical (unpaired) electrons. The summed E-state index contributed by atoms with van der Waals surface area (Å²) in [7, 11) is 0. The maximum atomic E-state index is 13.0. The molecule has 4 rings (SSSR count). The molecule has 6 nitrogen and oxygen atoms in total. The Labute approximate surface area is 149 Å². The van der Waals surface area contributed by atoms with Gasteiger partial charge in [-0.2, -0.15) is 0 Å². The van der Waals surface area contributed by atoms with Crippen LogP contribution in [0.3, 0.4) is 0 Å². The highest BCUT2D eigenvalue weighted by Gasteiger charge is 2.26. The molecule has 3 aromatic heterocycles. The second kappa shape index (κ2) is 6.59. The van der Waals surface area contributed by atoms with Crippen molar-refractivity contribution in [1.82, 2.24) is 24.3 Å². The number of hydrogen-bond donors (Lipinski definition) is 0. The fraction of sp³-hybridized carbons (Fsp3) is 0.444. The SMILES string of the molecule is CC1CCCN(c2ccnc(-c3cnc4cnc(C(F)F)cn34)n2)C1C. The minimum atomic E-state index is -2.64. The van der Waals surface area contributed by atoms with E-state index in [1.165, 1.54) is 18.8 Å². The second-order valence-corrected chi connectivity index (χ2v) is 6.78. The zero-order valence-electron chi connectivity index (χ0n) is 14.7. The Balaban J connectivity index is 1.75. The van der Waals surface area contributed by atoms with Crippen LogP contribution in [0.5, 0.6) is 0 Å². The van der Waals surface area contributed by atoms with Crippen LogP contribution >= 0.6 is 0 Å². The van der Waals surface area contributed by atoms with Crippen LogP contribution in [0.2, 0.25) is 0 Å². The van der Waals surface area contributed by atoms with Crippen LogP contribution in [0.4, 0.5) is 14.6 Å². The van der Waals surface area contributed by atoms with Gasteiger partial charge in [0.05, 0.1) is 12.4 Å². The Morgan fingerprint density at radius 3 is 2.81 bits per heavy atom. The fourth-order valence-corrected chi connectivity index (χ4v) is 3.47. The summed E-state index contributed by atoms with van der Waals surface area (Å²) in [4.78, 5) is 19.3. The van der Waals surface area contributed by atoms with Crippen LogP contribution in [-0.2, 0) is 0 Å². The van der Waals surface area contributed by atoms with Crippen molar-refractivity contribution in [1.29, 1.82) is 0 Å². The van der Waals surface area contributed by atoms with Gasteiger partial charge in [-0.1, -0.05) is 6.92 Å². The largest absolute Gasteiger partial charge is 0.354 e. The molecule has 0 amide bonds. The highest BCUT2D eigenvalue weighted by molar-refractivity contribution is 5.58. The molecule has 4 heterocycles. The van der Waals surface area contributed by atoms with Gasteiger partial charge in [0.25, 0.3) is 6.43 Å². The lowest BCUT2D eigenvalue weighted by Gasteiger charge is -2.38. The topological polar surface area (TPSA) is 59.2 Å². The van der Waals surface area contributed by atoms with Crippen molar-refractivity contribution in [2.75, 3.05) is 11.4 Å². The van der Waals surface area contributed by atoms with Gasteiger partial charge >= 0.3 is 0 Å². The van der Waals surface area contributed by atoms with Crippen LogP contribution in [0, 0.1) is 5.92 Å². The number of rotatable bonds is 3. The van der Waals surface area contributed by atoms with E-state index in [4.69, 9.17) is 4.98 Å². The van der Waals surface area contributed by atoms with E-state index in [9.17, 15) is 8.78 Å². The number of hydrogen-bond acceptors (Lipinski definition) is 5. The van der Waals surface area contributed by atoms with E-state index in [1.807, 2.05) is 6.07 Å². The standard InChI is InChI=1S/C18H20F2N6/c1-11-4-3-7-25(12(11)2)15-5-6-21-18(24-15)14-8-23-16-9-22-13(17(19)20)10-26(14)16/h5-6,8-12,17H,3-4,7H2,1-2H3. The Morgan fingerprint density at radius 1 is 1.15 bits per heavy atom. The number of nitrogens with zero attached hydrogens (tertiary/aromatic N) is 6. The zero-order chi connectivity index (χ0) is 18.3. The van der Waals surface area contributed by atoms with Crippen molar-refractivity contribution in [2.24, 2.45) is 5.92 Å². The average molecular weight is 358 g/mol. The lowest BCUT2D eigenvalue weighted by molar-refractivity contribution is 0.145. The first-order valence-electron chi connectivity index (χ1n) is 8.76. The van der Waals surface area contributed by atoms with E-state index in [1.54, 1.807) is 16.8 Å². The first-order chi connectivity index (χ1) is 12.5. The molecular formula is C18H20F2N6. The quantitative estimate of drug-likeness (QED) is 0.714. The summed E-state index contributed by atoms with van der Waals surface area (Å²) in [6, 6.07) is 2.29. The monoisotopic (exact) mass is 358 g/mol. The molecule has 136 valence electrons. The predicted molar refractivity (Wildman–Crippen MR) is 94.2 cm³/mol. The number of aromatic nitrogens is 5. The molecule has 0 saturated carbocycles. The molecule has 8 heteroatoms. The summed E-state index contributed by atoms with van der Waals surface area (Å²) in [6.45, 7) is 5.41. The number of alkyl halides is 2. The number of anilines is 1. The van der Waals surface area contributed by atoms with Gasteiger partial charge in [-0.05, 0) is 31.7 Å². The Kier molecular flexibility index (Phi) is 4.26. The van der Waals surface area contributed by atoms with Gasteiger partial charge in [0.1, 0.15) is 17.2 Å². The Bertz CT molecular complexity index is 925. The van der Waals surface area contributed by atoms with Gasteiger partial charge < -0.3 is 4.90 Å². The van der Waals surface area contributed by atoms with Crippen molar-refractivity contribution in [3.05, 3.63) is 36.5 Å². The number of piperidine rings is 1. The van der Waals surface area contributed by atoms with E-state index in [0.29, 0.717) is 29.1 Å². The maximum Gasteiger partial charge on any atom is 0.281 e. The molecule has 0 aliphatic carbocycles. The normalized spacial score (nSPS) is 20.9. The first-order valence-corrected chi connectivity index (χ1v) is 8.76. The van der Waals surface area contributed by atoms with Crippen LogP contribution in [-0.4, -0.2) is 36.9 Å². The maximum absolute atomic E-state index is 13.0. The summed E-state index contributed by atoms with van der Waals surface area (Å²) >= 11 is 0. The average Bonchev–Trinajstić information content (AvgIpc) is 3.07. The summed E-state index contributed by atoms with van der Waals surface area (Å²) in [5, 5.41) is 0.